The minimum absolute atomic E-state index is 0.0976. The van der Waals surface area contributed by atoms with Gasteiger partial charge in [-0.25, -0.2) is 0 Å². The maximum Gasteiger partial charge on any atom is 0.417 e. The molecule has 0 saturated carbocycles. The minimum atomic E-state index is -4.63. The highest BCUT2D eigenvalue weighted by molar-refractivity contribution is 6.30. The molecule has 0 aliphatic carbocycles. The highest BCUT2D eigenvalue weighted by Gasteiger charge is 2.34. The molecule has 3 aromatic rings. The van der Waals surface area contributed by atoms with E-state index in [0.717, 1.165) is 6.07 Å². The molecule has 0 spiro atoms. The molecule has 0 atom stereocenters. The van der Waals surface area contributed by atoms with Gasteiger partial charge in [-0.1, -0.05) is 23.7 Å². The number of halogens is 4. The van der Waals surface area contributed by atoms with Crippen LogP contribution >= 0.6 is 11.6 Å². The SMILES string of the molecule is O=c1[nH]c2cc(-c3ccc(Cl)cc3)c(C(F)(F)F)cc2[nH]c1=O. The zero-order chi connectivity index (χ0) is 16.8. The lowest BCUT2D eigenvalue weighted by molar-refractivity contribution is -0.137. The predicted molar refractivity (Wildman–Crippen MR) is 80.6 cm³/mol. The highest BCUT2D eigenvalue weighted by Crippen LogP contribution is 2.38. The van der Waals surface area contributed by atoms with Crippen LogP contribution in [0.1, 0.15) is 5.56 Å². The van der Waals surface area contributed by atoms with Crippen LogP contribution < -0.4 is 11.1 Å². The number of benzene rings is 2. The molecule has 23 heavy (non-hydrogen) atoms. The topological polar surface area (TPSA) is 65.7 Å². The average Bonchev–Trinajstić information content (AvgIpc) is 2.47. The third kappa shape index (κ3) is 2.87. The van der Waals surface area contributed by atoms with Gasteiger partial charge >= 0.3 is 17.3 Å². The van der Waals surface area contributed by atoms with Crippen LogP contribution in [0.25, 0.3) is 22.2 Å². The fourth-order valence-electron chi connectivity index (χ4n) is 2.27. The monoisotopic (exact) mass is 340 g/mol. The Kier molecular flexibility index (Phi) is 3.52. The van der Waals surface area contributed by atoms with Gasteiger partial charge in [-0.15, -0.1) is 0 Å². The molecule has 8 heteroatoms. The van der Waals surface area contributed by atoms with E-state index in [9.17, 15) is 22.8 Å². The zero-order valence-electron chi connectivity index (χ0n) is 11.3. The fraction of sp³-hybridized carbons (Fsp3) is 0.0667. The van der Waals surface area contributed by atoms with Crippen molar-refractivity contribution in [1.29, 1.82) is 0 Å². The molecular formula is C15H8ClF3N2O2. The molecule has 0 aliphatic heterocycles. The van der Waals surface area contributed by atoms with E-state index in [1.807, 2.05) is 0 Å². The Hall–Kier alpha value is -2.54. The molecule has 3 rings (SSSR count). The first-order chi connectivity index (χ1) is 10.8. The molecule has 0 aliphatic rings. The second kappa shape index (κ2) is 5.27. The summed E-state index contributed by atoms with van der Waals surface area (Å²) in [6.45, 7) is 0. The largest absolute Gasteiger partial charge is 0.417 e. The van der Waals surface area contributed by atoms with Crippen LogP contribution in [0.3, 0.4) is 0 Å². The first-order valence-corrected chi connectivity index (χ1v) is 6.77. The standard InChI is InChI=1S/C15H8ClF3N2O2/c16-8-3-1-7(2-4-8)9-5-11-12(6-10(9)15(17,18)19)21-14(23)13(22)20-11/h1-6H,(H,20,22)(H,21,23). The van der Waals surface area contributed by atoms with Crippen LogP contribution in [0.2, 0.25) is 5.02 Å². The Morgan fingerprint density at radius 2 is 1.39 bits per heavy atom. The molecule has 0 unspecified atom stereocenters. The molecule has 0 radical (unpaired) electrons. The Morgan fingerprint density at radius 3 is 1.91 bits per heavy atom. The summed E-state index contributed by atoms with van der Waals surface area (Å²) in [6.07, 6.45) is -4.63. The molecule has 0 saturated heterocycles. The van der Waals surface area contributed by atoms with Crippen molar-refractivity contribution in [3.63, 3.8) is 0 Å². The summed E-state index contributed by atoms with van der Waals surface area (Å²) in [4.78, 5) is 27.1. The highest BCUT2D eigenvalue weighted by atomic mass is 35.5. The first kappa shape index (κ1) is 15.4. The number of hydrogen-bond donors (Lipinski definition) is 2. The molecule has 1 aromatic heterocycles. The quantitative estimate of drug-likeness (QED) is 0.665. The maximum absolute atomic E-state index is 13.3. The number of nitrogens with one attached hydrogen (secondary N) is 2. The number of hydrogen-bond acceptors (Lipinski definition) is 2. The van der Waals surface area contributed by atoms with E-state index in [0.29, 0.717) is 5.02 Å². The molecule has 0 amide bonds. The molecular weight excluding hydrogens is 333 g/mol. The van der Waals surface area contributed by atoms with Crippen LogP contribution in [0.15, 0.2) is 46.0 Å². The van der Waals surface area contributed by atoms with Crippen molar-refractivity contribution in [3.8, 4) is 11.1 Å². The molecule has 1 heterocycles. The van der Waals surface area contributed by atoms with Crippen molar-refractivity contribution in [2.24, 2.45) is 0 Å². The second-order valence-electron chi connectivity index (χ2n) is 4.86. The third-order valence-electron chi connectivity index (χ3n) is 3.32. The smallest absolute Gasteiger partial charge is 0.316 e. The van der Waals surface area contributed by atoms with Gasteiger partial charge < -0.3 is 9.97 Å². The van der Waals surface area contributed by atoms with E-state index in [-0.39, 0.29) is 22.2 Å². The summed E-state index contributed by atoms with van der Waals surface area (Å²) in [6, 6.07) is 7.81. The second-order valence-corrected chi connectivity index (χ2v) is 5.29. The Labute approximate surface area is 131 Å². The number of alkyl halides is 3. The lowest BCUT2D eigenvalue weighted by atomic mass is 9.98. The molecule has 0 bridgehead atoms. The third-order valence-corrected chi connectivity index (χ3v) is 3.57. The normalized spacial score (nSPS) is 11.8. The van der Waals surface area contributed by atoms with E-state index < -0.39 is 22.9 Å². The molecule has 2 aromatic carbocycles. The number of aromatic amines is 2. The van der Waals surface area contributed by atoms with Crippen molar-refractivity contribution in [1.82, 2.24) is 9.97 Å². The number of fused-ring (bicyclic) bond motifs is 1. The summed E-state index contributed by atoms with van der Waals surface area (Å²) in [5, 5.41) is 0.390. The molecule has 0 fully saturated rings. The number of rotatable bonds is 1. The van der Waals surface area contributed by atoms with E-state index >= 15 is 0 Å². The van der Waals surface area contributed by atoms with Crippen LogP contribution in [0.4, 0.5) is 13.2 Å². The van der Waals surface area contributed by atoms with Crippen molar-refractivity contribution in [2.75, 3.05) is 0 Å². The Bertz CT molecular complexity index is 1000. The van der Waals surface area contributed by atoms with E-state index in [1.54, 1.807) is 0 Å². The van der Waals surface area contributed by atoms with Crippen molar-refractivity contribution < 1.29 is 13.2 Å². The van der Waals surface area contributed by atoms with Crippen molar-refractivity contribution in [2.45, 2.75) is 6.18 Å². The number of aromatic nitrogens is 2. The Morgan fingerprint density at radius 1 is 0.870 bits per heavy atom. The van der Waals surface area contributed by atoms with Crippen molar-refractivity contribution in [3.05, 3.63) is 67.7 Å². The average molecular weight is 341 g/mol. The van der Waals surface area contributed by atoms with E-state index in [2.05, 4.69) is 9.97 Å². The van der Waals surface area contributed by atoms with Gasteiger partial charge in [0.1, 0.15) is 0 Å². The molecule has 2 N–H and O–H groups in total. The summed E-state index contributed by atoms with van der Waals surface area (Å²) in [7, 11) is 0. The van der Waals surface area contributed by atoms with Crippen molar-refractivity contribution >= 4 is 22.6 Å². The Balaban J connectivity index is 2.38. The molecule has 4 nitrogen and oxygen atoms in total. The summed E-state index contributed by atoms with van der Waals surface area (Å²) in [5.74, 6) is 0. The lowest BCUT2D eigenvalue weighted by Crippen LogP contribution is -2.29. The fourth-order valence-corrected chi connectivity index (χ4v) is 2.39. The molecule has 118 valence electrons. The van der Waals surface area contributed by atoms with E-state index in [1.165, 1.54) is 30.3 Å². The van der Waals surface area contributed by atoms with E-state index in [4.69, 9.17) is 11.6 Å². The lowest BCUT2D eigenvalue weighted by Gasteiger charge is -2.14. The van der Waals surface area contributed by atoms with Gasteiger partial charge in [0.05, 0.1) is 16.6 Å². The summed E-state index contributed by atoms with van der Waals surface area (Å²) >= 11 is 5.75. The van der Waals surface area contributed by atoms with Gasteiger partial charge in [-0.3, -0.25) is 9.59 Å². The van der Waals surface area contributed by atoms with Crippen LogP contribution in [-0.2, 0) is 6.18 Å². The zero-order valence-corrected chi connectivity index (χ0v) is 12.0. The van der Waals surface area contributed by atoms with Gasteiger partial charge in [0, 0.05) is 5.02 Å². The van der Waals surface area contributed by atoms with Gasteiger partial charge in [0.2, 0.25) is 0 Å². The van der Waals surface area contributed by atoms with Gasteiger partial charge in [-0.05, 0) is 35.4 Å². The van der Waals surface area contributed by atoms with Crippen LogP contribution in [0, 0.1) is 0 Å². The van der Waals surface area contributed by atoms with Gasteiger partial charge in [0.15, 0.2) is 0 Å². The number of H-pyrrole nitrogens is 2. The van der Waals surface area contributed by atoms with Gasteiger partial charge in [0.25, 0.3) is 0 Å². The minimum Gasteiger partial charge on any atom is -0.316 e. The summed E-state index contributed by atoms with van der Waals surface area (Å²) in [5.41, 5.74) is -2.69. The summed E-state index contributed by atoms with van der Waals surface area (Å²) < 4.78 is 40.0. The first-order valence-electron chi connectivity index (χ1n) is 6.39. The maximum atomic E-state index is 13.3. The van der Waals surface area contributed by atoms with Crippen LogP contribution in [-0.4, -0.2) is 9.97 Å². The predicted octanol–water partition coefficient (Wildman–Crippen LogP) is 3.56. The van der Waals surface area contributed by atoms with Gasteiger partial charge in [-0.2, -0.15) is 13.2 Å². The van der Waals surface area contributed by atoms with Crippen LogP contribution in [0.5, 0.6) is 0 Å².